The molecule has 2 aromatic rings. The van der Waals surface area contributed by atoms with E-state index in [1.165, 1.54) is 11.7 Å². The Morgan fingerprint density at radius 1 is 1.17 bits per heavy atom. The van der Waals surface area contributed by atoms with E-state index < -0.39 is 17.2 Å². The number of piperidine rings is 1. The molecule has 1 aromatic carbocycles. The van der Waals surface area contributed by atoms with Gasteiger partial charge in [-0.25, -0.2) is 9.36 Å². The third-order valence-electron chi connectivity index (χ3n) is 5.24. The van der Waals surface area contributed by atoms with Crippen molar-refractivity contribution < 1.29 is 9.53 Å². The van der Waals surface area contributed by atoms with Crippen molar-refractivity contribution in [1.29, 1.82) is 0 Å². The Morgan fingerprint density at radius 3 is 2.57 bits per heavy atom. The number of rotatable bonds is 7. The van der Waals surface area contributed by atoms with E-state index in [1.807, 2.05) is 30.0 Å². The summed E-state index contributed by atoms with van der Waals surface area (Å²) < 4.78 is 7.36. The van der Waals surface area contributed by atoms with E-state index in [1.54, 1.807) is 6.07 Å². The maximum absolute atomic E-state index is 13.2. The molecule has 3 rings (SSSR count). The number of benzene rings is 1. The van der Waals surface area contributed by atoms with Gasteiger partial charge in [0.25, 0.3) is 5.56 Å². The van der Waals surface area contributed by atoms with E-state index in [0.29, 0.717) is 18.8 Å². The zero-order valence-electron chi connectivity index (χ0n) is 17.5. The van der Waals surface area contributed by atoms with Crippen molar-refractivity contribution in [3.8, 4) is 0 Å². The van der Waals surface area contributed by atoms with Crippen LogP contribution < -0.4 is 27.2 Å². The summed E-state index contributed by atoms with van der Waals surface area (Å²) in [5.74, 6) is -0.327. The van der Waals surface area contributed by atoms with Gasteiger partial charge in [-0.3, -0.25) is 14.2 Å². The zero-order valence-corrected chi connectivity index (χ0v) is 17.5. The fourth-order valence-corrected chi connectivity index (χ4v) is 3.72. The summed E-state index contributed by atoms with van der Waals surface area (Å²) in [5, 5.41) is 2.75. The van der Waals surface area contributed by atoms with Gasteiger partial charge in [-0.2, -0.15) is 0 Å². The number of anilines is 3. The molecule has 3 N–H and O–H groups in total. The largest absolute Gasteiger partial charge is 0.383 e. The Morgan fingerprint density at radius 2 is 1.90 bits per heavy atom. The number of nitrogen functional groups attached to an aromatic ring is 1. The van der Waals surface area contributed by atoms with Crippen LogP contribution in [0.5, 0.6) is 0 Å². The second kappa shape index (κ2) is 9.62. The molecule has 1 aromatic heterocycles. The molecule has 9 heteroatoms. The summed E-state index contributed by atoms with van der Waals surface area (Å²) in [6.45, 7) is 3.37. The van der Waals surface area contributed by atoms with Gasteiger partial charge in [0.15, 0.2) is 0 Å². The van der Waals surface area contributed by atoms with Gasteiger partial charge in [0, 0.05) is 25.9 Å². The van der Waals surface area contributed by atoms with Crippen LogP contribution in [0.15, 0.2) is 33.9 Å². The van der Waals surface area contributed by atoms with Crippen molar-refractivity contribution >= 4 is 23.1 Å². The van der Waals surface area contributed by atoms with E-state index in [4.69, 9.17) is 10.5 Å². The molecule has 1 aliphatic heterocycles. The molecule has 9 nitrogen and oxygen atoms in total. The molecule has 1 fully saturated rings. The standard InChI is InChI=1S/C21H29N5O4/c1-15-7-6-8-16(13-15)23-17(27)14-26-20(28)18(24-9-4-3-5-10-24)19(22)25(21(26)29)11-12-30-2/h6-8,13H,3-5,9-12,14,22H2,1-2H3,(H,23,27). The van der Waals surface area contributed by atoms with Gasteiger partial charge in [-0.05, 0) is 43.9 Å². The quantitative estimate of drug-likeness (QED) is 0.702. The van der Waals surface area contributed by atoms with E-state index in [-0.39, 0.29) is 31.2 Å². The molecule has 0 saturated carbocycles. The topological polar surface area (TPSA) is 112 Å². The minimum atomic E-state index is -0.616. The van der Waals surface area contributed by atoms with E-state index in [0.717, 1.165) is 29.4 Å². The van der Waals surface area contributed by atoms with Crippen LogP contribution in [0.2, 0.25) is 0 Å². The number of nitrogens with one attached hydrogen (secondary N) is 1. The number of carbonyl (C=O) groups excluding carboxylic acids is 1. The Bertz CT molecular complexity index is 1020. The fraction of sp³-hybridized carbons (Fsp3) is 0.476. The second-order valence-electron chi connectivity index (χ2n) is 7.52. The van der Waals surface area contributed by atoms with Crippen molar-refractivity contribution in [3.05, 3.63) is 50.7 Å². The Kier molecular flexibility index (Phi) is 6.94. The molecule has 0 aliphatic carbocycles. The molecule has 0 unspecified atom stereocenters. The molecule has 1 amide bonds. The molecule has 1 aliphatic rings. The number of aryl methyl sites for hydroxylation is 1. The molecule has 30 heavy (non-hydrogen) atoms. The first-order valence-electron chi connectivity index (χ1n) is 10.2. The molecular weight excluding hydrogens is 386 g/mol. The van der Waals surface area contributed by atoms with Gasteiger partial charge in [0.1, 0.15) is 18.1 Å². The first-order valence-corrected chi connectivity index (χ1v) is 10.2. The summed E-state index contributed by atoms with van der Waals surface area (Å²) in [6.07, 6.45) is 2.99. The van der Waals surface area contributed by atoms with Crippen LogP contribution >= 0.6 is 0 Å². The summed E-state index contributed by atoms with van der Waals surface area (Å²) in [6, 6.07) is 7.32. The summed E-state index contributed by atoms with van der Waals surface area (Å²) >= 11 is 0. The normalized spacial score (nSPS) is 14.0. The molecule has 162 valence electrons. The summed E-state index contributed by atoms with van der Waals surface area (Å²) in [7, 11) is 1.53. The molecule has 0 bridgehead atoms. The van der Waals surface area contributed by atoms with Crippen molar-refractivity contribution in [2.24, 2.45) is 0 Å². The number of carbonyl (C=O) groups is 1. The van der Waals surface area contributed by atoms with Crippen molar-refractivity contribution in [3.63, 3.8) is 0 Å². The van der Waals surface area contributed by atoms with Gasteiger partial charge in [-0.1, -0.05) is 12.1 Å². The first kappa shape index (κ1) is 21.6. The monoisotopic (exact) mass is 415 g/mol. The highest BCUT2D eigenvalue weighted by atomic mass is 16.5. The number of hydrogen-bond acceptors (Lipinski definition) is 6. The van der Waals surface area contributed by atoms with Crippen LogP contribution in [0.4, 0.5) is 17.2 Å². The van der Waals surface area contributed by atoms with Crippen molar-refractivity contribution in [2.75, 3.05) is 42.8 Å². The lowest BCUT2D eigenvalue weighted by Crippen LogP contribution is -2.47. The van der Waals surface area contributed by atoms with Gasteiger partial charge >= 0.3 is 5.69 Å². The minimum absolute atomic E-state index is 0.124. The molecule has 0 atom stereocenters. The Labute approximate surface area is 175 Å². The van der Waals surface area contributed by atoms with Gasteiger partial charge < -0.3 is 20.7 Å². The smallest absolute Gasteiger partial charge is 0.333 e. The van der Waals surface area contributed by atoms with Crippen LogP contribution in [0.1, 0.15) is 24.8 Å². The third-order valence-corrected chi connectivity index (χ3v) is 5.24. The van der Waals surface area contributed by atoms with Crippen molar-refractivity contribution in [1.82, 2.24) is 9.13 Å². The lowest BCUT2D eigenvalue weighted by molar-refractivity contribution is -0.116. The van der Waals surface area contributed by atoms with Crippen LogP contribution in [0.25, 0.3) is 0 Å². The molecular formula is C21H29N5O4. The average Bonchev–Trinajstić information content (AvgIpc) is 2.72. The lowest BCUT2D eigenvalue weighted by atomic mass is 10.1. The average molecular weight is 415 g/mol. The minimum Gasteiger partial charge on any atom is -0.383 e. The molecule has 0 spiro atoms. The third kappa shape index (κ3) is 4.73. The van der Waals surface area contributed by atoms with Crippen LogP contribution in [0.3, 0.4) is 0 Å². The van der Waals surface area contributed by atoms with Crippen LogP contribution in [0, 0.1) is 6.92 Å². The van der Waals surface area contributed by atoms with E-state index in [2.05, 4.69) is 5.32 Å². The first-order chi connectivity index (χ1) is 14.4. The Hall–Kier alpha value is -3.07. The predicted octanol–water partition coefficient (Wildman–Crippen LogP) is 1.18. The van der Waals surface area contributed by atoms with E-state index in [9.17, 15) is 14.4 Å². The highest BCUT2D eigenvalue weighted by Crippen LogP contribution is 2.21. The number of hydrogen-bond donors (Lipinski definition) is 2. The number of nitrogens with two attached hydrogens (primary N) is 1. The van der Waals surface area contributed by atoms with Crippen LogP contribution in [-0.4, -0.2) is 41.8 Å². The zero-order chi connectivity index (χ0) is 21.7. The van der Waals surface area contributed by atoms with Gasteiger partial charge in [0.2, 0.25) is 5.91 Å². The fourth-order valence-electron chi connectivity index (χ4n) is 3.72. The molecule has 2 heterocycles. The number of aromatic nitrogens is 2. The second-order valence-corrected chi connectivity index (χ2v) is 7.52. The summed E-state index contributed by atoms with van der Waals surface area (Å²) in [5.41, 5.74) is 6.99. The van der Waals surface area contributed by atoms with Gasteiger partial charge in [0.05, 0.1) is 13.2 Å². The van der Waals surface area contributed by atoms with Gasteiger partial charge in [-0.15, -0.1) is 0 Å². The maximum atomic E-state index is 13.2. The number of nitrogens with zero attached hydrogens (tertiary/aromatic N) is 3. The Balaban J connectivity index is 1.98. The highest BCUT2D eigenvalue weighted by Gasteiger charge is 2.24. The number of methoxy groups -OCH3 is 1. The maximum Gasteiger partial charge on any atom is 0.333 e. The highest BCUT2D eigenvalue weighted by molar-refractivity contribution is 5.90. The summed E-state index contributed by atoms with van der Waals surface area (Å²) in [4.78, 5) is 40.7. The molecule has 1 saturated heterocycles. The molecule has 0 radical (unpaired) electrons. The number of amides is 1. The lowest BCUT2D eigenvalue weighted by Gasteiger charge is -2.30. The van der Waals surface area contributed by atoms with Crippen LogP contribution in [-0.2, 0) is 22.6 Å². The number of ether oxygens (including phenoxy) is 1. The predicted molar refractivity (Wildman–Crippen MR) is 117 cm³/mol. The van der Waals surface area contributed by atoms with Crippen molar-refractivity contribution in [2.45, 2.75) is 39.3 Å². The van der Waals surface area contributed by atoms with E-state index >= 15 is 0 Å². The SMILES string of the molecule is COCCn1c(N)c(N2CCCCC2)c(=O)n(CC(=O)Nc2cccc(C)c2)c1=O.